The van der Waals surface area contributed by atoms with Gasteiger partial charge in [0.15, 0.2) is 0 Å². The molecule has 0 saturated carbocycles. The summed E-state index contributed by atoms with van der Waals surface area (Å²) in [4.78, 5) is 21.3. The Labute approximate surface area is 153 Å². The van der Waals surface area contributed by atoms with Crippen LogP contribution in [0.5, 0.6) is 0 Å². The highest BCUT2D eigenvalue weighted by atomic mass is 35.5. The van der Waals surface area contributed by atoms with Gasteiger partial charge in [-0.05, 0) is 30.7 Å². The lowest BCUT2D eigenvalue weighted by Gasteiger charge is -2.37. The van der Waals surface area contributed by atoms with Crippen LogP contribution in [0.3, 0.4) is 0 Å². The van der Waals surface area contributed by atoms with Crippen LogP contribution in [0.1, 0.15) is 12.5 Å². The van der Waals surface area contributed by atoms with E-state index in [1.165, 1.54) is 0 Å². The molecule has 1 aromatic carbocycles. The SMILES string of the molecule is C[C@H](C(=O)NCc1ccccc1Cl)N1CCN(c2ccccn2)CC1. The molecule has 1 aromatic heterocycles. The number of carbonyl (C=O) groups is 1. The number of piperazine rings is 1. The second-order valence-corrected chi connectivity index (χ2v) is 6.60. The predicted molar refractivity (Wildman–Crippen MR) is 101 cm³/mol. The fourth-order valence-corrected chi connectivity index (χ4v) is 3.22. The van der Waals surface area contributed by atoms with E-state index in [9.17, 15) is 4.79 Å². The van der Waals surface area contributed by atoms with Crippen LogP contribution in [-0.2, 0) is 11.3 Å². The molecule has 1 aliphatic heterocycles. The Balaban J connectivity index is 1.49. The molecule has 1 N–H and O–H groups in total. The molecular weight excluding hydrogens is 336 g/mol. The van der Waals surface area contributed by atoms with Crippen LogP contribution in [0.4, 0.5) is 5.82 Å². The van der Waals surface area contributed by atoms with Crippen LogP contribution in [0.2, 0.25) is 5.02 Å². The van der Waals surface area contributed by atoms with Crippen molar-refractivity contribution in [2.45, 2.75) is 19.5 Å². The van der Waals surface area contributed by atoms with Crippen molar-refractivity contribution in [1.29, 1.82) is 0 Å². The first-order valence-electron chi connectivity index (χ1n) is 8.56. The second kappa shape index (κ2) is 8.32. The molecule has 0 radical (unpaired) electrons. The summed E-state index contributed by atoms with van der Waals surface area (Å²) in [5, 5.41) is 3.67. The third-order valence-electron chi connectivity index (χ3n) is 4.63. The fourth-order valence-electron chi connectivity index (χ4n) is 3.02. The molecule has 1 saturated heterocycles. The lowest BCUT2D eigenvalue weighted by Crippen LogP contribution is -2.54. The minimum atomic E-state index is -0.159. The van der Waals surface area contributed by atoms with Gasteiger partial charge < -0.3 is 10.2 Å². The molecule has 6 heteroatoms. The van der Waals surface area contributed by atoms with Gasteiger partial charge in [-0.1, -0.05) is 35.9 Å². The Hall–Kier alpha value is -2.11. The Bertz CT molecular complexity index is 702. The van der Waals surface area contributed by atoms with Crippen molar-refractivity contribution in [3.8, 4) is 0 Å². The summed E-state index contributed by atoms with van der Waals surface area (Å²) in [6.45, 7) is 5.85. The minimum absolute atomic E-state index is 0.0335. The normalized spacial score (nSPS) is 16.5. The van der Waals surface area contributed by atoms with Gasteiger partial charge in [0, 0.05) is 43.9 Å². The molecule has 25 heavy (non-hydrogen) atoms. The summed E-state index contributed by atoms with van der Waals surface area (Å²) in [5.74, 6) is 1.03. The summed E-state index contributed by atoms with van der Waals surface area (Å²) < 4.78 is 0. The van der Waals surface area contributed by atoms with Crippen LogP contribution in [0, 0.1) is 0 Å². The average molecular weight is 359 g/mol. The number of carbonyl (C=O) groups excluding carboxylic acids is 1. The first-order chi connectivity index (χ1) is 12.1. The summed E-state index contributed by atoms with van der Waals surface area (Å²) in [6, 6.07) is 13.4. The van der Waals surface area contributed by atoms with Crippen molar-refractivity contribution < 1.29 is 4.79 Å². The lowest BCUT2D eigenvalue weighted by atomic mass is 10.2. The maximum Gasteiger partial charge on any atom is 0.237 e. The molecule has 2 aromatic rings. The Morgan fingerprint density at radius 3 is 2.56 bits per heavy atom. The van der Waals surface area contributed by atoms with E-state index in [4.69, 9.17) is 11.6 Å². The molecule has 3 rings (SSSR count). The topological polar surface area (TPSA) is 48.5 Å². The molecule has 2 heterocycles. The van der Waals surface area contributed by atoms with E-state index >= 15 is 0 Å². The van der Waals surface area contributed by atoms with E-state index < -0.39 is 0 Å². The number of aromatic nitrogens is 1. The van der Waals surface area contributed by atoms with Crippen LogP contribution in [-0.4, -0.2) is 48.0 Å². The smallest absolute Gasteiger partial charge is 0.237 e. The molecular formula is C19H23ClN4O. The van der Waals surface area contributed by atoms with Gasteiger partial charge in [-0.15, -0.1) is 0 Å². The molecule has 0 unspecified atom stereocenters. The lowest BCUT2D eigenvalue weighted by molar-refractivity contribution is -0.126. The summed E-state index contributed by atoms with van der Waals surface area (Å²) in [7, 11) is 0. The van der Waals surface area contributed by atoms with Crippen LogP contribution >= 0.6 is 11.6 Å². The van der Waals surface area contributed by atoms with Gasteiger partial charge in [-0.2, -0.15) is 0 Å². The summed E-state index contributed by atoms with van der Waals surface area (Å²) in [6.07, 6.45) is 1.81. The standard InChI is InChI=1S/C19H23ClN4O/c1-15(19(25)22-14-16-6-2-3-7-17(16)20)23-10-12-24(13-11-23)18-8-4-5-9-21-18/h2-9,15H,10-14H2,1H3,(H,22,25)/t15-/m1/s1. The Morgan fingerprint density at radius 2 is 1.88 bits per heavy atom. The van der Waals surface area contributed by atoms with Gasteiger partial charge in [-0.3, -0.25) is 9.69 Å². The van der Waals surface area contributed by atoms with E-state index in [-0.39, 0.29) is 11.9 Å². The van der Waals surface area contributed by atoms with Crippen molar-refractivity contribution in [1.82, 2.24) is 15.2 Å². The minimum Gasteiger partial charge on any atom is -0.354 e. The highest BCUT2D eigenvalue weighted by Gasteiger charge is 2.25. The molecule has 5 nitrogen and oxygen atoms in total. The van der Waals surface area contributed by atoms with E-state index in [0.29, 0.717) is 11.6 Å². The fraction of sp³-hybridized carbons (Fsp3) is 0.368. The molecule has 1 atom stereocenters. The maximum atomic E-state index is 12.5. The van der Waals surface area contributed by atoms with Gasteiger partial charge in [0.05, 0.1) is 6.04 Å². The van der Waals surface area contributed by atoms with E-state index in [0.717, 1.165) is 37.6 Å². The van der Waals surface area contributed by atoms with Crippen molar-refractivity contribution >= 4 is 23.3 Å². The first-order valence-corrected chi connectivity index (χ1v) is 8.94. The number of nitrogens with zero attached hydrogens (tertiary/aromatic N) is 3. The van der Waals surface area contributed by atoms with Crippen LogP contribution in [0.25, 0.3) is 0 Å². The number of benzene rings is 1. The molecule has 1 fully saturated rings. The zero-order chi connectivity index (χ0) is 17.6. The average Bonchev–Trinajstić information content (AvgIpc) is 2.67. The predicted octanol–water partition coefficient (Wildman–Crippen LogP) is 2.56. The monoisotopic (exact) mass is 358 g/mol. The first kappa shape index (κ1) is 17.7. The number of halogens is 1. The second-order valence-electron chi connectivity index (χ2n) is 6.20. The van der Waals surface area contributed by atoms with E-state index in [1.54, 1.807) is 0 Å². The van der Waals surface area contributed by atoms with Crippen LogP contribution < -0.4 is 10.2 Å². The number of pyridine rings is 1. The number of rotatable bonds is 5. The third-order valence-corrected chi connectivity index (χ3v) is 4.99. The van der Waals surface area contributed by atoms with Crippen molar-refractivity contribution in [3.63, 3.8) is 0 Å². The molecule has 0 aliphatic carbocycles. The number of hydrogen-bond donors (Lipinski definition) is 1. The molecule has 0 spiro atoms. The van der Waals surface area contributed by atoms with E-state index in [1.807, 2.05) is 55.6 Å². The number of nitrogens with one attached hydrogen (secondary N) is 1. The van der Waals surface area contributed by atoms with Gasteiger partial charge >= 0.3 is 0 Å². The molecule has 1 amide bonds. The van der Waals surface area contributed by atoms with Gasteiger partial charge in [0.1, 0.15) is 5.82 Å². The third kappa shape index (κ3) is 4.50. The highest BCUT2D eigenvalue weighted by Crippen LogP contribution is 2.16. The zero-order valence-electron chi connectivity index (χ0n) is 14.4. The summed E-state index contributed by atoms with van der Waals surface area (Å²) >= 11 is 6.14. The molecule has 0 bridgehead atoms. The zero-order valence-corrected chi connectivity index (χ0v) is 15.1. The number of hydrogen-bond acceptors (Lipinski definition) is 4. The Kier molecular flexibility index (Phi) is 5.89. The van der Waals surface area contributed by atoms with Gasteiger partial charge in [-0.25, -0.2) is 4.98 Å². The summed E-state index contributed by atoms with van der Waals surface area (Å²) in [5.41, 5.74) is 0.935. The van der Waals surface area contributed by atoms with Gasteiger partial charge in [0.25, 0.3) is 0 Å². The quantitative estimate of drug-likeness (QED) is 0.892. The Morgan fingerprint density at radius 1 is 1.16 bits per heavy atom. The number of amides is 1. The molecule has 1 aliphatic rings. The van der Waals surface area contributed by atoms with Crippen molar-refractivity contribution in [3.05, 3.63) is 59.2 Å². The molecule has 132 valence electrons. The maximum absolute atomic E-state index is 12.5. The van der Waals surface area contributed by atoms with E-state index in [2.05, 4.69) is 20.1 Å². The van der Waals surface area contributed by atoms with Crippen molar-refractivity contribution in [2.75, 3.05) is 31.1 Å². The van der Waals surface area contributed by atoms with Crippen molar-refractivity contribution in [2.24, 2.45) is 0 Å². The largest absolute Gasteiger partial charge is 0.354 e. The van der Waals surface area contributed by atoms with Gasteiger partial charge in [0.2, 0.25) is 5.91 Å². The number of anilines is 1. The van der Waals surface area contributed by atoms with Crippen LogP contribution in [0.15, 0.2) is 48.7 Å². The highest BCUT2D eigenvalue weighted by molar-refractivity contribution is 6.31.